The molecule has 1 unspecified atom stereocenters. The van der Waals surface area contributed by atoms with Gasteiger partial charge in [-0.2, -0.15) is 11.8 Å². The van der Waals surface area contributed by atoms with Crippen molar-refractivity contribution in [1.29, 1.82) is 0 Å². The molecule has 0 spiro atoms. The summed E-state index contributed by atoms with van der Waals surface area (Å²) in [6, 6.07) is 21.6. The average molecular weight is 561 g/mol. The lowest BCUT2D eigenvalue weighted by molar-refractivity contribution is -0.124. The maximum atomic E-state index is 12.0. The standard InChI is InChI=1S/C30H32N4O5S/c1-33-27-18-25(39-24-5-3-4-22(17-24)34-12-14-37-15-13-34)10-11-26(27)32-29(33)19-38-23-8-6-21(7-9-23)16-28(40-2)30(36)31-20-35/h3-11,17-18,20,28H,12-16,19H2,1-2H3,(H,31,35,36). The number of rotatable bonds is 11. The van der Waals surface area contributed by atoms with Crippen molar-refractivity contribution in [3.8, 4) is 17.2 Å². The molecule has 4 aromatic rings. The number of benzene rings is 3. The summed E-state index contributed by atoms with van der Waals surface area (Å²) in [5.74, 6) is 2.73. The summed E-state index contributed by atoms with van der Waals surface area (Å²) in [7, 11) is 1.97. The second-order valence-corrected chi connectivity index (χ2v) is 10.5. The van der Waals surface area contributed by atoms with E-state index in [1.165, 1.54) is 11.8 Å². The second-order valence-electron chi connectivity index (χ2n) is 9.42. The summed E-state index contributed by atoms with van der Waals surface area (Å²) in [6.45, 7) is 3.53. The van der Waals surface area contributed by atoms with Crippen LogP contribution in [0.15, 0.2) is 66.7 Å². The second kappa shape index (κ2) is 12.9. The molecule has 1 atom stereocenters. The quantitative estimate of drug-likeness (QED) is 0.271. The van der Waals surface area contributed by atoms with Gasteiger partial charge in [0.1, 0.15) is 29.7 Å². The molecule has 1 aliphatic rings. The molecule has 0 bridgehead atoms. The molecule has 208 valence electrons. The van der Waals surface area contributed by atoms with Crippen molar-refractivity contribution in [3.63, 3.8) is 0 Å². The predicted molar refractivity (Wildman–Crippen MR) is 156 cm³/mol. The zero-order chi connectivity index (χ0) is 27.9. The lowest BCUT2D eigenvalue weighted by Gasteiger charge is -2.29. The van der Waals surface area contributed by atoms with Crippen LogP contribution in [0.3, 0.4) is 0 Å². The highest BCUT2D eigenvalue weighted by Crippen LogP contribution is 2.29. The molecule has 1 saturated heterocycles. The first-order valence-electron chi connectivity index (χ1n) is 13.1. The van der Waals surface area contributed by atoms with Crippen molar-refractivity contribution in [2.75, 3.05) is 37.5 Å². The lowest BCUT2D eigenvalue weighted by Crippen LogP contribution is -2.36. The molecule has 2 amide bonds. The molecule has 1 N–H and O–H groups in total. The topological polar surface area (TPSA) is 94.9 Å². The van der Waals surface area contributed by atoms with Crippen molar-refractivity contribution >= 4 is 40.8 Å². The highest BCUT2D eigenvalue weighted by atomic mass is 32.2. The van der Waals surface area contributed by atoms with E-state index in [2.05, 4.69) is 22.3 Å². The van der Waals surface area contributed by atoms with Gasteiger partial charge >= 0.3 is 0 Å². The molecule has 2 heterocycles. The summed E-state index contributed by atoms with van der Waals surface area (Å²) < 4.78 is 19.7. The zero-order valence-corrected chi connectivity index (χ0v) is 23.4. The van der Waals surface area contributed by atoms with E-state index < -0.39 is 0 Å². The number of ether oxygens (including phenoxy) is 3. The first kappa shape index (κ1) is 27.5. The van der Waals surface area contributed by atoms with Gasteiger partial charge in [0.15, 0.2) is 0 Å². The van der Waals surface area contributed by atoms with Gasteiger partial charge in [0.05, 0.1) is 29.5 Å². The number of hydrogen-bond acceptors (Lipinski definition) is 8. The van der Waals surface area contributed by atoms with Crippen LogP contribution in [0.2, 0.25) is 0 Å². The number of thioether (sulfide) groups is 1. The molecule has 0 radical (unpaired) electrons. The number of anilines is 1. The molecule has 9 nitrogen and oxygen atoms in total. The van der Waals surface area contributed by atoms with Gasteiger partial charge < -0.3 is 23.7 Å². The van der Waals surface area contributed by atoms with Gasteiger partial charge in [-0.25, -0.2) is 4.98 Å². The Morgan fingerprint density at radius 2 is 1.82 bits per heavy atom. The van der Waals surface area contributed by atoms with E-state index in [-0.39, 0.29) is 11.2 Å². The molecule has 1 fully saturated rings. The molecule has 5 rings (SSSR count). The van der Waals surface area contributed by atoms with Crippen molar-refractivity contribution < 1.29 is 23.8 Å². The number of carbonyl (C=O) groups excluding carboxylic acids is 2. The number of nitrogens with one attached hydrogen (secondary N) is 1. The number of aromatic nitrogens is 2. The first-order chi connectivity index (χ1) is 19.5. The minimum Gasteiger partial charge on any atom is -0.486 e. The molecule has 10 heteroatoms. The molecule has 1 aromatic heterocycles. The van der Waals surface area contributed by atoms with Crippen molar-refractivity contribution in [1.82, 2.24) is 14.9 Å². The third kappa shape index (κ3) is 6.57. The van der Waals surface area contributed by atoms with Gasteiger partial charge in [0.2, 0.25) is 12.3 Å². The highest BCUT2D eigenvalue weighted by molar-refractivity contribution is 7.99. The minimum atomic E-state index is -0.334. The maximum Gasteiger partial charge on any atom is 0.239 e. The maximum absolute atomic E-state index is 12.0. The van der Waals surface area contributed by atoms with Crippen LogP contribution in [0, 0.1) is 0 Å². The Labute approximate surface area is 237 Å². The van der Waals surface area contributed by atoms with Crippen molar-refractivity contribution in [3.05, 3.63) is 78.1 Å². The first-order valence-corrected chi connectivity index (χ1v) is 14.4. The highest BCUT2D eigenvalue weighted by Gasteiger charge is 2.17. The van der Waals surface area contributed by atoms with Crippen molar-refractivity contribution in [2.45, 2.75) is 18.3 Å². The third-order valence-corrected chi connectivity index (χ3v) is 7.81. The largest absolute Gasteiger partial charge is 0.486 e. The number of hydrogen-bond donors (Lipinski definition) is 1. The molecular weight excluding hydrogens is 528 g/mol. The Balaban J connectivity index is 1.22. The van der Waals surface area contributed by atoms with Gasteiger partial charge in [-0.3, -0.25) is 14.9 Å². The summed E-state index contributed by atoms with van der Waals surface area (Å²) in [5.41, 5.74) is 3.93. The summed E-state index contributed by atoms with van der Waals surface area (Å²) in [4.78, 5) is 29.6. The van der Waals surface area contributed by atoms with E-state index >= 15 is 0 Å². The molecule has 0 aliphatic carbocycles. The van der Waals surface area contributed by atoms with Crippen LogP contribution in [0.4, 0.5) is 5.69 Å². The number of nitrogens with zero attached hydrogens (tertiary/aromatic N) is 3. The molecule has 1 aliphatic heterocycles. The normalized spacial score (nSPS) is 14.1. The number of morpholine rings is 1. The van der Waals surface area contributed by atoms with E-state index in [0.717, 1.165) is 65.9 Å². The predicted octanol–water partition coefficient (Wildman–Crippen LogP) is 4.33. The van der Waals surface area contributed by atoms with Gasteiger partial charge in [-0.05, 0) is 54.6 Å². The Morgan fingerprint density at radius 1 is 1.07 bits per heavy atom. The molecular formula is C30H32N4O5S. The van der Waals surface area contributed by atoms with E-state index in [9.17, 15) is 9.59 Å². The van der Waals surface area contributed by atoms with Gasteiger partial charge in [-0.1, -0.05) is 18.2 Å². The van der Waals surface area contributed by atoms with Gasteiger partial charge in [0, 0.05) is 38.0 Å². The zero-order valence-electron chi connectivity index (χ0n) is 22.5. The van der Waals surface area contributed by atoms with Crippen LogP contribution < -0.4 is 19.7 Å². The third-order valence-electron chi connectivity index (χ3n) is 6.86. The number of imidazole rings is 1. The van der Waals surface area contributed by atoms with E-state index in [0.29, 0.717) is 25.2 Å². The van der Waals surface area contributed by atoms with Crippen LogP contribution >= 0.6 is 11.8 Å². The molecule has 0 saturated carbocycles. The average Bonchev–Trinajstić information content (AvgIpc) is 3.30. The van der Waals surface area contributed by atoms with Crippen LogP contribution in [0.25, 0.3) is 11.0 Å². The van der Waals surface area contributed by atoms with Crippen molar-refractivity contribution in [2.24, 2.45) is 7.05 Å². The number of carbonyl (C=O) groups is 2. The fraction of sp³-hybridized carbons (Fsp3) is 0.300. The van der Waals surface area contributed by atoms with E-state index in [1.54, 1.807) is 0 Å². The smallest absolute Gasteiger partial charge is 0.239 e. The summed E-state index contributed by atoms with van der Waals surface area (Å²) in [6.07, 6.45) is 2.79. The Morgan fingerprint density at radius 3 is 2.58 bits per heavy atom. The molecule has 3 aromatic carbocycles. The number of aryl methyl sites for hydroxylation is 1. The monoisotopic (exact) mass is 560 g/mol. The van der Waals surface area contributed by atoms with E-state index in [4.69, 9.17) is 19.2 Å². The Kier molecular flexibility index (Phi) is 8.87. The Bertz CT molecular complexity index is 1470. The summed E-state index contributed by atoms with van der Waals surface area (Å²) >= 11 is 1.41. The SMILES string of the molecule is CSC(Cc1ccc(OCc2nc3ccc(Oc4cccc(N5CCOCC5)c4)cc3n2C)cc1)C(=O)NC=O. The van der Waals surface area contributed by atoms with Crippen LogP contribution in [-0.2, 0) is 34.4 Å². The number of fused-ring (bicyclic) bond motifs is 1. The fourth-order valence-electron chi connectivity index (χ4n) is 4.63. The van der Waals surface area contributed by atoms with Crippen LogP contribution in [0.1, 0.15) is 11.4 Å². The number of amides is 2. The van der Waals surface area contributed by atoms with E-state index in [1.807, 2.05) is 72.5 Å². The van der Waals surface area contributed by atoms with Gasteiger partial charge in [-0.15, -0.1) is 0 Å². The lowest BCUT2D eigenvalue weighted by atomic mass is 10.1. The Hall–Kier alpha value is -4.02. The molecule has 40 heavy (non-hydrogen) atoms. The van der Waals surface area contributed by atoms with Crippen LogP contribution in [-0.4, -0.2) is 59.7 Å². The summed E-state index contributed by atoms with van der Waals surface area (Å²) in [5, 5.41) is 1.89. The fourth-order valence-corrected chi connectivity index (χ4v) is 5.27. The number of imide groups is 1. The van der Waals surface area contributed by atoms with Crippen LogP contribution in [0.5, 0.6) is 17.2 Å². The minimum absolute atomic E-state index is 0.292. The van der Waals surface area contributed by atoms with Gasteiger partial charge in [0.25, 0.3) is 0 Å².